The fourth-order valence-corrected chi connectivity index (χ4v) is 2.47. The molecule has 3 heteroatoms. The number of nitrogens with two attached hydrogens (primary N) is 1. The number of hydrogen-bond donors (Lipinski definition) is 1. The highest BCUT2D eigenvalue weighted by molar-refractivity contribution is 6.32. The van der Waals surface area contributed by atoms with Crippen LogP contribution in [0.25, 0.3) is 10.9 Å². The Morgan fingerprint density at radius 2 is 1.70 bits per heavy atom. The molecule has 2 aromatic rings. The lowest BCUT2D eigenvalue weighted by molar-refractivity contribution is 0.542. The average molecular weight is 291 g/mol. The van der Waals surface area contributed by atoms with Crippen LogP contribution in [0.15, 0.2) is 18.2 Å². The normalized spacial score (nSPS) is 13.0. The molecule has 0 unspecified atom stereocenters. The van der Waals surface area contributed by atoms with E-state index in [1.807, 2.05) is 32.9 Å². The van der Waals surface area contributed by atoms with Crippen LogP contribution in [-0.2, 0) is 11.0 Å². The lowest BCUT2D eigenvalue weighted by atomic mass is 9.85. The summed E-state index contributed by atoms with van der Waals surface area (Å²) in [6.45, 7) is 12.5. The van der Waals surface area contributed by atoms with Gasteiger partial charge in [-0.15, -0.1) is 0 Å². The van der Waals surface area contributed by atoms with Gasteiger partial charge in [0.2, 0.25) is 0 Å². The third kappa shape index (κ3) is 2.68. The summed E-state index contributed by atoms with van der Waals surface area (Å²) >= 11 is 6.25. The molecule has 0 saturated heterocycles. The minimum Gasteiger partial charge on any atom is -0.322 e. The Labute approximate surface area is 126 Å². The Kier molecular flexibility index (Phi) is 3.60. The summed E-state index contributed by atoms with van der Waals surface area (Å²) in [5, 5.41) is 1.84. The minimum atomic E-state index is -0.415. The van der Waals surface area contributed by atoms with Crippen molar-refractivity contribution in [1.82, 2.24) is 4.98 Å². The summed E-state index contributed by atoms with van der Waals surface area (Å²) in [5.41, 5.74) is 10.1. The lowest BCUT2D eigenvalue weighted by Gasteiger charge is -2.26. The number of halogens is 1. The number of nitrogens with zero attached hydrogens (tertiary/aromatic N) is 1. The van der Waals surface area contributed by atoms with Gasteiger partial charge in [0.15, 0.2) is 0 Å². The number of hydrogen-bond acceptors (Lipinski definition) is 2. The van der Waals surface area contributed by atoms with Crippen molar-refractivity contribution in [2.75, 3.05) is 0 Å². The van der Waals surface area contributed by atoms with Crippen molar-refractivity contribution in [2.24, 2.45) is 5.73 Å². The Hall–Kier alpha value is -1.12. The van der Waals surface area contributed by atoms with Gasteiger partial charge in [0, 0.05) is 27.1 Å². The number of aromatic nitrogens is 1. The van der Waals surface area contributed by atoms with Crippen LogP contribution in [0, 0.1) is 6.92 Å². The monoisotopic (exact) mass is 290 g/mol. The molecule has 0 aliphatic rings. The SMILES string of the molecule is Cc1c(Cl)ccc2c(C(C)(C)N)cc(C(C)(C)C)nc12. The molecule has 1 aromatic carbocycles. The fraction of sp³-hybridized carbons (Fsp3) is 0.471. The number of rotatable bonds is 1. The zero-order valence-electron chi connectivity index (χ0n) is 13.1. The molecule has 20 heavy (non-hydrogen) atoms. The Bertz CT molecular complexity index is 661. The van der Waals surface area contributed by atoms with E-state index in [0.29, 0.717) is 0 Å². The van der Waals surface area contributed by atoms with E-state index in [0.717, 1.165) is 32.7 Å². The summed E-state index contributed by atoms with van der Waals surface area (Å²) in [5.74, 6) is 0. The average Bonchev–Trinajstić information content (AvgIpc) is 2.30. The van der Waals surface area contributed by atoms with Crippen molar-refractivity contribution < 1.29 is 0 Å². The van der Waals surface area contributed by atoms with Gasteiger partial charge in [0.1, 0.15) is 0 Å². The lowest BCUT2D eigenvalue weighted by Crippen LogP contribution is -2.30. The van der Waals surface area contributed by atoms with Gasteiger partial charge in [-0.1, -0.05) is 38.4 Å². The Balaban J connectivity index is 2.93. The van der Waals surface area contributed by atoms with Crippen LogP contribution in [0.1, 0.15) is 51.4 Å². The van der Waals surface area contributed by atoms with E-state index in [2.05, 4.69) is 26.8 Å². The van der Waals surface area contributed by atoms with E-state index in [9.17, 15) is 0 Å². The molecular weight excluding hydrogens is 268 g/mol. The Morgan fingerprint density at radius 1 is 1.10 bits per heavy atom. The first kappa shape index (κ1) is 15.3. The van der Waals surface area contributed by atoms with Crippen molar-refractivity contribution in [1.29, 1.82) is 0 Å². The number of fused-ring (bicyclic) bond motifs is 1. The molecular formula is C17H23ClN2. The van der Waals surface area contributed by atoms with Gasteiger partial charge in [-0.3, -0.25) is 4.98 Å². The minimum absolute atomic E-state index is 0.0249. The third-order valence-corrected chi connectivity index (χ3v) is 4.04. The molecule has 0 fully saturated rings. The zero-order valence-corrected chi connectivity index (χ0v) is 13.9. The van der Waals surface area contributed by atoms with Crippen molar-refractivity contribution in [2.45, 2.75) is 52.5 Å². The van der Waals surface area contributed by atoms with Crippen molar-refractivity contribution >= 4 is 22.5 Å². The molecule has 0 radical (unpaired) electrons. The molecule has 0 aliphatic heterocycles. The van der Waals surface area contributed by atoms with E-state index in [-0.39, 0.29) is 5.41 Å². The van der Waals surface area contributed by atoms with E-state index in [4.69, 9.17) is 22.3 Å². The molecule has 0 atom stereocenters. The topological polar surface area (TPSA) is 38.9 Å². The quantitative estimate of drug-likeness (QED) is 0.827. The standard InChI is InChI=1S/C17H23ClN2/c1-10-13(18)8-7-11-12(17(5,6)19)9-14(16(2,3)4)20-15(10)11/h7-9H,19H2,1-6H3. The molecule has 2 rings (SSSR count). The third-order valence-electron chi connectivity index (χ3n) is 3.63. The highest BCUT2D eigenvalue weighted by Gasteiger charge is 2.24. The van der Waals surface area contributed by atoms with Gasteiger partial charge in [-0.05, 0) is 44.0 Å². The number of pyridine rings is 1. The molecule has 0 saturated carbocycles. The van der Waals surface area contributed by atoms with Gasteiger partial charge in [-0.2, -0.15) is 0 Å². The van der Waals surface area contributed by atoms with Crippen LogP contribution in [-0.4, -0.2) is 4.98 Å². The van der Waals surface area contributed by atoms with Crippen molar-refractivity contribution in [3.8, 4) is 0 Å². The molecule has 2 N–H and O–H groups in total. The van der Waals surface area contributed by atoms with Gasteiger partial charge >= 0.3 is 0 Å². The Morgan fingerprint density at radius 3 is 2.20 bits per heavy atom. The molecule has 0 bridgehead atoms. The summed E-state index contributed by atoms with van der Waals surface area (Å²) in [4.78, 5) is 4.84. The van der Waals surface area contributed by atoms with Crippen molar-refractivity contribution in [3.63, 3.8) is 0 Å². The van der Waals surface area contributed by atoms with Crippen LogP contribution in [0.3, 0.4) is 0 Å². The maximum atomic E-state index is 6.36. The molecule has 0 aliphatic carbocycles. The second-order valence-corrected chi connectivity index (χ2v) is 7.50. The van der Waals surface area contributed by atoms with Gasteiger partial charge in [-0.25, -0.2) is 0 Å². The zero-order chi connectivity index (χ0) is 15.3. The molecule has 1 aromatic heterocycles. The summed E-state index contributed by atoms with van der Waals surface area (Å²) < 4.78 is 0. The van der Waals surface area contributed by atoms with Crippen LogP contribution in [0.2, 0.25) is 5.02 Å². The maximum absolute atomic E-state index is 6.36. The van der Waals surface area contributed by atoms with Crippen LogP contribution >= 0.6 is 11.6 Å². The van der Waals surface area contributed by atoms with Gasteiger partial charge in [0.25, 0.3) is 0 Å². The summed E-state index contributed by atoms with van der Waals surface area (Å²) in [6, 6.07) is 6.08. The van der Waals surface area contributed by atoms with E-state index in [1.54, 1.807) is 0 Å². The first-order valence-corrected chi connectivity index (χ1v) is 7.29. The number of aryl methyl sites for hydroxylation is 1. The number of benzene rings is 1. The molecule has 1 heterocycles. The predicted octanol–water partition coefficient (Wildman–Crippen LogP) is 4.69. The van der Waals surface area contributed by atoms with Crippen LogP contribution in [0.4, 0.5) is 0 Å². The molecule has 108 valence electrons. The molecule has 0 amide bonds. The molecule has 2 nitrogen and oxygen atoms in total. The maximum Gasteiger partial charge on any atom is 0.0753 e. The first-order chi connectivity index (χ1) is 9.01. The van der Waals surface area contributed by atoms with E-state index < -0.39 is 5.54 Å². The summed E-state index contributed by atoms with van der Waals surface area (Å²) in [6.07, 6.45) is 0. The van der Waals surface area contributed by atoms with Crippen LogP contribution < -0.4 is 5.73 Å². The highest BCUT2D eigenvalue weighted by Crippen LogP contribution is 2.34. The smallest absolute Gasteiger partial charge is 0.0753 e. The predicted molar refractivity (Wildman–Crippen MR) is 87.4 cm³/mol. The second kappa shape index (κ2) is 4.71. The fourth-order valence-electron chi connectivity index (χ4n) is 2.32. The van der Waals surface area contributed by atoms with E-state index in [1.165, 1.54) is 0 Å². The summed E-state index contributed by atoms with van der Waals surface area (Å²) in [7, 11) is 0. The van der Waals surface area contributed by atoms with Gasteiger partial charge in [0.05, 0.1) is 5.52 Å². The highest BCUT2D eigenvalue weighted by atomic mass is 35.5. The second-order valence-electron chi connectivity index (χ2n) is 7.10. The molecule has 0 spiro atoms. The van der Waals surface area contributed by atoms with Crippen LogP contribution in [0.5, 0.6) is 0 Å². The van der Waals surface area contributed by atoms with E-state index >= 15 is 0 Å². The van der Waals surface area contributed by atoms with Gasteiger partial charge < -0.3 is 5.73 Å². The van der Waals surface area contributed by atoms with Crippen molar-refractivity contribution in [3.05, 3.63) is 40.0 Å². The first-order valence-electron chi connectivity index (χ1n) is 6.91. The largest absolute Gasteiger partial charge is 0.322 e.